The van der Waals surface area contributed by atoms with Gasteiger partial charge in [0.15, 0.2) is 5.78 Å². The number of aromatic hydroxyl groups is 1. The number of hydrogen-bond donors (Lipinski definition) is 1. The van der Waals surface area contributed by atoms with Gasteiger partial charge in [-0.2, -0.15) is 0 Å². The van der Waals surface area contributed by atoms with Crippen LogP contribution in [-0.2, 0) is 52.2 Å². The molecule has 8 rings (SSSR count). The van der Waals surface area contributed by atoms with Gasteiger partial charge < -0.3 is 38.6 Å². The summed E-state index contributed by atoms with van der Waals surface area (Å²) in [6.45, 7) is 5.95. The topological polar surface area (TPSA) is 107 Å². The van der Waals surface area contributed by atoms with Gasteiger partial charge in [0, 0.05) is 37.1 Å². The van der Waals surface area contributed by atoms with Crippen LogP contribution in [0.1, 0.15) is 93.4 Å². The normalized spacial score (nSPS) is 28.6. The molecule has 4 fully saturated rings. The van der Waals surface area contributed by atoms with Crippen LogP contribution in [0.3, 0.4) is 0 Å². The van der Waals surface area contributed by atoms with E-state index in [0.717, 1.165) is 30.8 Å². The molecule has 1 N–H and O–H groups in total. The van der Waals surface area contributed by atoms with Gasteiger partial charge in [-0.15, -0.1) is 12.4 Å². The highest BCUT2D eigenvalue weighted by atomic mass is 35.5. The van der Waals surface area contributed by atoms with Crippen LogP contribution < -0.4 is 4.74 Å². The third kappa shape index (κ3) is 9.82. The second-order valence-electron chi connectivity index (χ2n) is 16.9. The molecule has 56 heavy (non-hydrogen) atoms. The predicted molar refractivity (Wildman–Crippen MR) is 220 cm³/mol. The van der Waals surface area contributed by atoms with E-state index in [1.165, 1.54) is 106 Å². The molecular weight excluding hydrogens is 732 g/mol. The number of methoxy groups -OCH3 is 2. The number of phenolic OH excluding ortho intramolecular Hbond substituents is 1. The molecule has 312 valence electrons. The number of hydrogen-bond acceptors (Lipinski definition) is 10. The highest BCUT2D eigenvalue weighted by Gasteiger charge is 2.54. The number of ether oxygens (including phenoxy) is 5. The fourth-order valence-corrected chi connectivity index (χ4v) is 11.2. The van der Waals surface area contributed by atoms with Crippen molar-refractivity contribution in [1.29, 1.82) is 0 Å². The van der Waals surface area contributed by atoms with Crippen molar-refractivity contribution in [2.45, 2.75) is 107 Å². The smallest absolute Gasteiger partial charge is 0.337 e. The van der Waals surface area contributed by atoms with Crippen molar-refractivity contribution >= 4 is 24.2 Å². The van der Waals surface area contributed by atoms with E-state index in [2.05, 4.69) is 52.9 Å². The van der Waals surface area contributed by atoms with Crippen LogP contribution in [0.4, 0.5) is 0 Å². The van der Waals surface area contributed by atoms with Crippen molar-refractivity contribution in [3.63, 3.8) is 0 Å². The Morgan fingerprint density at radius 3 is 1.77 bits per heavy atom. The Bertz CT molecular complexity index is 1610. The number of phenols is 1. The standard InChI is InChI=1S/C22H31NO4.C17H23NO.C6H12O3.ClH/c1-23-10-9-22-8-4-3-5-18(22)20(23)13-16-6-7-17(14-19(16)22)27-21(24)15-26-12-11-25-2;1-18-9-8-17-7-3-2-4-14(17)16(18)10-12-5-6-13(19)11-15(12)17;1-6(7)5-9-4-3-8-2;/h6-7,14,18,20H,3-5,8-13,15H2,1-2H3;5-6,11,14,16,19H,2-4,7-10H2,1H3;3-5H2,1-2H3;1H/t18-,20+,22+;14-,16+,17+;;/m11../s1. The first-order valence-corrected chi connectivity index (χ1v) is 20.8. The summed E-state index contributed by atoms with van der Waals surface area (Å²) in [5.74, 6) is 2.36. The molecule has 0 radical (unpaired) electrons. The predicted octanol–water partition coefficient (Wildman–Crippen LogP) is 6.68. The number of rotatable bonds is 11. The van der Waals surface area contributed by atoms with Crippen molar-refractivity contribution in [1.82, 2.24) is 9.80 Å². The van der Waals surface area contributed by atoms with Gasteiger partial charge in [0.05, 0.1) is 26.4 Å². The maximum atomic E-state index is 12.1. The van der Waals surface area contributed by atoms with Crippen molar-refractivity contribution in [3.05, 3.63) is 58.7 Å². The molecule has 2 heterocycles. The quantitative estimate of drug-likeness (QED) is 0.150. The fraction of sp³-hybridized carbons (Fsp3) is 0.689. The molecule has 4 aliphatic carbocycles. The Morgan fingerprint density at radius 2 is 1.23 bits per heavy atom. The minimum atomic E-state index is -0.346. The minimum Gasteiger partial charge on any atom is -0.508 e. The summed E-state index contributed by atoms with van der Waals surface area (Å²) in [5, 5.41) is 9.91. The number of piperidine rings is 2. The molecule has 6 aliphatic rings. The first-order chi connectivity index (χ1) is 26.6. The average Bonchev–Trinajstić information content (AvgIpc) is 3.19. The maximum absolute atomic E-state index is 12.1. The van der Waals surface area contributed by atoms with E-state index in [1.807, 2.05) is 12.1 Å². The number of esters is 1. The van der Waals surface area contributed by atoms with Crippen LogP contribution in [0.2, 0.25) is 0 Å². The van der Waals surface area contributed by atoms with E-state index >= 15 is 0 Å². The van der Waals surface area contributed by atoms with Gasteiger partial charge in [0.25, 0.3) is 0 Å². The van der Waals surface area contributed by atoms with Crippen LogP contribution in [0.25, 0.3) is 0 Å². The molecule has 0 aromatic heterocycles. The summed E-state index contributed by atoms with van der Waals surface area (Å²) in [4.78, 5) is 27.5. The molecule has 4 bridgehead atoms. The lowest BCUT2D eigenvalue weighted by molar-refractivity contribution is -0.139. The van der Waals surface area contributed by atoms with Crippen molar-refractivity contribution in [2.75, 3.05) is 81.0 Å². The van der Waals surface area contributed by atoms with Gasteiger partial charge in [0.1, 0.15) is 24.7 Å². The van der Waals surface area contributed by atoms with E-state index in [-0.39, 0.29) is 42.8 Å². The van der Waals surface area contributed by atoms with E-state index in [1.54, 1.807) is 14.2 Å². The number of Topliss-reactive ketones (excluding diaryl/α,β-unsaturated/α-hetero) is 1. The van der Waals surface area contributed by atoms with Crippen LogP contribution >= 0.6 is 12.4 Å². The summed E-state index contributed by atoms with van der Waals surface area (Å²) in [6.07, 6.45) is 15.5. The zero-order chi connectivity index (χ0) is 39.0. The number of fused-ring (bicyclic) bond motifs is 2. The number of ketones is 1. The van der Waals surface area contributed by atoms with Crippen LogP contribution in [0, 0.1) is 11.8 Å². The molecule has 2 aliphatic heterocycles. The van der Waals surface area contributed by atoms with E-state index < -0.39 is 0 Å². The minimum absolute atomic E-state index is 0. The molecule has 2 saturated carbocycles. The van der Waals surface area contributed by atoms with Gasteiger partial charge in [-0.25, -0.2) is 4.79 Å². The van der Waals surface area contributed by atoms with Gasteiger partial charge in [-0.05, 0) is 144 Å². The van der Waals surface area contributed by atoms with E-state index in [0.29, 0.717) is 49.4 Å². The lowest BCUT2D eigenvalue weighted by atomic mass is 9.52. The summed E-state index contributed by atoms with van der Waals surface area (Å²) >= 11 is 0. The van der Waals surface area contributed by atoms with Gasteiger partial charge in [-0.3, -0.25) is 4.79 Å². The number of likely N-dealkylation sites (tertiary alicyclic amines) is 2. The molecule has 10 nitrogen and oxygen atoms in total. The highest BCUT2D eigenvalue weighted by molar-refractivity contribution is 5.85. The third-order valence-electron chi connectivity index (χ3n) is 13.8. The SMILES string of the molecule is CN1CC[C@@]23CCCC[C@@H]2[C@@H]1Cc1ccc(O)cc13.COCCOCC(=O)Oc1ccc2c(c1)[C@]13CCCC[C@@H]1[C@H](C2)N(C)CC3.COCCOCC(C)=O.Cl. The van der Waals surface area contributed by atoms with E-state index in [9.17, 15) is 14.7 Å². The zero-order valence-electron chi connectivity index (χ0n) is 34.5. The number of nitrogens with zero attached hydrogens (tertiary/aromatic N) is 2. The lowest BCUT2D eigenvalue weighted by Crippen LogP contribution is -2.59. The number of carbonyl (C=O) groups is 2. The van der Waals surface area contributed by atoms with Gasteiger partial charge in [0.2, 0.25) is 0 Å². The average molecular weight is 799 g/mol. The summed E-state index contributed by atoms with van der Waals surface area (Å²) in [6, 6.07) is 13.8. The Morgan fingerprint density at radius 1 is 0.714 bits per heavy atom. The lowest BCUT2D eigenvalue weighted by Gasteiger charge is -2.58. The van der Waals surface area contributed by atoms with Crippen molar-refractivity contribution < 1.29 is 38.4 Å². The van der Waals surface area contributed by atoms with Crippen molar-refractivity contribution in [3.8, 4) is 11.5 Å². The Balaban J connectivity index is 0.000000180. The summed E-state index contributed by atoms with van der Waals surface area (Å²) < 4.78 is 25.3. The third-order valence-corrected chi connectivity index (χ3v) is 13.8. The maximum Gasteiger partial charge on any atom is 0.337 e. The molecule has 2 saturated heterocycles. The van der Waals surface area contributed by atoms with Crippen LogP contribution in [-0.4, -0.2) is 120 Å². The number of benzene rings is 2. The monoisotopic (exact) mass is 798 g/mol. The van der Waals surface area contributed by atoms with Crippen molar-refractivity contribution in [2.24, 2.45) is 11.8 Å². The van der Waals surface area contributed by atoms with Crippen LogP contribution in [0.15, 0.2) is 36.4 Å². The number of halogens is 1. The Kier molecular flexibility index (Phi) is 16.2. The molecule has 0 amide bonds. The molecule has 2 aromatic rings. The second kappa shape index (κ2) is 20.4. The first kappa shape index (κ1) is 44.5. The van der Waals surface area contributed by atoms with Gasteiger partial charge >= 0.3 is 5.97 Å². The van der Waals surface area contributed by atoms with Crippen LogP contribution in [0.5, 0.6) is 11.5 Å². The molecule has 0 spiro atoms. The highest BCUT2D eigenvalue weighted by Crippen LogP contribution is 2.57. The summed E-state index contributed by atoms with van der Waals surface area (Å²) in [5.41, 5.74) is 6.53. The zero-order valence-corrected chi connectivity index (χ0v) is 35.3. The Labute approximate surface area is 341 Å². The first-order valence-electron chi connectivity index (χ1n) is 20.8. The molecular formula is C45H67ClN2O8. The summed E-state index contributed by atoms with van der Waals surface area (Å²) in [7, 11) is 7.79. The Hall–Kier alpha value is -2.57. The molecule has 6 atom stereocenters. The van der Waals surface area contributed by atoms with Gasteiger partial charge in [-0.1, -0.05) is 37.8 Å². The second-order valence-corrected chi connectivity index (χ2v) is 16.9. The van der Waals surface area contributed by atoms with E-state index in [4.69, 9.17) is 18.9 Å². The number of carbonyl (C=O) groups excluding carboxylic acids is 2. The molecule has 11 heteroatoms. The largest absolute Gasteiger partial charge is 0.508 e. The molecule has 2 aromatic carbocycles. The molecule has 0 unspecified atom stereocenters. The number of likely N-dealkylation sites (N-methyl/N-ethyl adjacent to an activating group) is 2. The fourth-order valence-electron chi connectivity index (χ4n) is 11.2.